The van der Waals surface area contributed by atoms with Crippen molar-refractivity contribution < 1.29 is 24.2 Å². The molecule has 1 saturated heterocycles. The number of hydrogen-bond donors (Lipinski definition) is 1. The average molecular weight is 517 g/mol. The SMILES string of the molecule is CCOc1cc(/C=C2/SC(=NC(C)C)N(C(C)C)C2=O)cc(Cl)c1OCc1ccc(C(=O)O)cc1. The van der Waals surface area contributed by atoms with Crippen LogP contribution < -0.4 is 9.47 Å². The number of aliphatic imine (C=N–C) groups is 1. The van der Waals surface area contributed by atoms with Gasteiger partial charge in [0.15, 0.2) is 16.7 Å². The summed E-state index contributed by atoms with van der Waals surface area (Å²) in [7, 11) is 0. The molecule has 0 spiro atoms. The Morgan fingerprint density at radius 2 is 1.86 bits per heavy atom. The molecular weight excluding hydrogens is 488 g/mol. The first kappa shape index (κ1) is 26.6. The number of amidine groups is 1. The molecule has 0 unspecified atom stereocenters. The quantitative estimate of drug-likeness (QED) is 0.405. The van der Waals surface area contributed by atoms with E-state index in [4.69, 9.17) is 26.2 Å². The Kier molecular flexibility index (Phi) is 8.86. The number of thioether (sulfide) groups is 1. The van der Waals surface area contributed by atoms with Crippen molar-refractivity contribution in [2.45, 2.75) is 53.3 Å². The van der Waals surface area contributed by atoms with Gasteiger partial charge in [-0.15, -0.1) is 0 Å². The number of carboxylic acid groups (broad SMARTS) is 1. The highest BCUT2D eigenvalue weighted by atomic mass is 35.5. The molecule has 1 aliphatic heterocycles. The van der Waals surface area contributed by atoms with Gasteiger partial charge in [-0.2, -0.15) is 0 Å². The number of hydrogen-bond acceptors (Lipinski definition) is 6. The highest BCUT2D eigenvalue weighted by Gasteiger charge is 2.35. The zero-order valence-electron chi connectivity index (χ0n) is 20.4. The minimum absolute atomic E-state index is 0.0127. The summed E-state index contributed by atoms with van der Waals surface area (Å²) < 4.78 is 11.7. The first-order valence-corrected chi connectivity index (χ1v) is 12.5. The number of halogens is 1. The molecule has 1 fully saturated rings. The van der Waals surface area contributed by atoms with E-state index in [0.29, 0.717) is 38.8 Å². The number of ether oxygens (including phenoxy) is 2. The maximum absolute atomic E-state index is 13.1. The van der Waals surface area contributed by atoms with E-state index in [2.05, 4.69) is 4.99 Å². The molecule has 0 aliphatic carbocycles. The molecule has 0 saturated carbocycles. The minimum atomic E-state index is -0.984. The lowest BCUT2D eigenvalue weighted by molar-refractivity contribution is -0.123. The topological polar surface area (TPSA) is 88.4 Å². The third-order valence-corrected chi connectivity index (χ3v) is 6.21. The van der Waals surface area contributed by atoms with Crippen LogP contribution in [0.1, 0.15) is 56.1 Å². The lowest BCUT2D eigenvalue weighted by atomic mass is 10.1. The van der Waals surface area contributed by atoms with E-state index in [1.807, 2.05) is 34.6 Å². The molecule has 0 radical (unpaired) electrons. The van der Waals surface area contributed by atoms with Crippen LogP contribution >= 0.6 is 23.4 Å². The largest absolute Gasteiger partial charge is 0.490 e. The van der Waals surface area contributed by atoms with Crippen LogP contribution in [0.2, 0.25) is 5.02 Å². The van der Waals surface area contributed by atoms with Gasteiger partial charge in [0.05, 0.1) is 22.1 Å². The highest BCUT2D eigenvalue weighted by molar-refractivity contribution is 8.18. The Morgan fingerprint density at radius 1 is 1.17 bits per heavy atom. The van der Waals surface area contributed by atoms with Crippen molar-refractivity contribution in [3.05, 3.63) is 63.0 Å². The number of nitrogens with zero attached hydrogens (tertiary/aromatic N) is 2. The number of carboxylic acids is 1. The number of aromatic carboxylic acids is 1. The van der Waals surface area contributed by atoms with Crippen LogP contribution in [0.15, 0.2) is 46.3 Å². The molecule has 35 heavy (non-hydrogen) atoms. The fourth-order valence-electron chi connectivity index (χ4n) is 3.38. The summed E-state index contributed by atoms with van der Waals surface area (Å²) in [6.07, 6.45) is 1.79. The zero-order chi connectivity index (χ0) is 25.7. The molecule has 2 aromatic carbocycles. The smallest absolute Gasteiger partial charge is 0.335 e. The van der Waals surface area contributed by atoms with Gasteiger partial charge < -0.3 is 14.6 Å². The molecule has 3 rings (SSSR count). The van der Waals surface area contributed by atoms with E-state index in [1.165, 1.54) is 23.9 Å². The van der Waals surface area contributed by atoms with Gasteiger partial charge in [-0.1, -0.05) is 23.7 Å². The van der Waals surface area contributed by atoms with Crippen LogP contribution in [0.5, 0.6) is 11.5 Å². The van der Waals surface area contributed by atoms with Gasteiger partial charge in [-0.05, 0) is 87.8 Å². The van der Waals surface area contributed by atoms with Crippen molar-refractivity contribution in [2.75, 3.05) is 6.61 Å². The lowest BCUT2D eigenvalue weighted by Crippen LogP contribution is -2.35. The summed E-state index contributed by atoms with van der Waals surface area (Å²) in [6, 6.07) is 10.0. The van der Waals surface area contributed by atoms with Crippen molar-refractivity contribution in [2.24, 2.45) is 4.99 Å². The van der Waals surface area contributed by atoms with Gasteiger partial charge in [-0.25, -0.2) is 4.79 Å². The van der Waals surface area contributed by atoms with E-state index in [1.54, 1.807) is 35.2 Å². The van der Waals surface area contributed by atoms with Crippen LogP contribution in [-0.4, -0.2) is 45.7 Å². The van der Waals surface area contributed by atoms with Gasteiger partial charge in [-0.3, -0.25) is 14.7 Å². The maximum atomic E-state index is 13.1. The molecule has 1 heterocycles. The van der Waals surface area contributed by atoms with Crippen molar-refractivity contribution in [3.63, 3.8) is 0 Å². The number of rotatable bonds is 9. The third kappa shape index (κ3) is 6.58. The van der Waals surface area contributed by atoms with Gasteiger partial charge in [0, 0.05) is 12.1 Å². The highest BCUT2D eigenvalue weighted by Crippen LogP contribution is 2.40. The van der Waals surface area contributed by atoms with E-state index >= 15 is 0 Å². The monoisotopic (exact) mass is 516 g/mol. The second kappa shape index (κ2) is 11.6. The van der Waals surface area contributed by atoms with Crippen LogP contribution in [0.25, 0.3) is 6.08 Å². The van der Waals surface area contributed by atoms with Crippen LogP contribution in [-0.2, 0) is 11.4 Å². The van der Waals surface area contributed by atoms with Gasteiger partial charge in [0.2, 0.25) is 0 Å². The first-order chi connectivity index (χ1) is 16.6. The second-order valence-electron chi connectivity index (χ2n) is 8.44. The average Bonchev–Trinajstić information content (AvgIpc) is 3.07. The summed E-state index contributed by atoms with van der Waals surface area (Å²) in [5.74, 6) is -0.235. The minimum Gasteiger partial charge on any atom is -0.490 e. The first-order valence-electron chi connectivity index (χ1n) is 11.3. The van der Waals surface area contributed by atoms with E-state index in [-0.39, 0.29) is 30.2 Å². The molecule has 0 bridgehead atoms. The zero-order valence-corrected chi connectivity index (χ0v) is 21.9. The Morgan fingerprint density at radius 3 is 2.43 bits per heavy atom. The summed E-state index contributed by atoms with van der Waals surface area (Å²) in [5, 5.41) is 10.1. The van der Waals surface area contributed by atoms with Crippen LogP contribution in [0.4, 0.5) is 0 Å². The molecule has 186 valence electrons. The predicted molar refractivity (Wildman–Crippen MR) is 140 cm³/mol. The van der Waals surface area contributed by atoms with E-state index < -0.39 is 5.97 Å². The predicted octanol–water partition coefficient (Wildman–Crippen LogP) is 6.11. The van der Waals surface area contributed by atoms with Crippen molar-refractivity contribution >= 4 is 46.5 Å². The fourth-order valence-corrected chi connectivity index (χ4v) is 4.88. The van der Waals surface area contributed by atoms with E-state index in [0.717, 1.165) is 5.56 Å². The standard InChI is InChI=1S/C26H29ClN2O5S/c1-6-33-21-12-18(13-22-24(30)29(16(4)5)26(35-22)28-15(2)3)11-20(27)23(21)34-14-17-7-9-19(10-8-17)25(31)32/h7-13,15-16H,6,14H2,1-5H3,(H,31,32)/b22-13+,28-26?. The van der Waals surface area contributed by atoms with Crippen molar-refractivity contribution in [3.8, 4) is 11.5 Å². The van der Waals surface area contributed by atoms with Crippen LogP contribution in [0, 0.1) is 0 Å². The number of benzene rings is 2. The summed E-state index contributed by atoms with van der Waals surface area (Å²) in [4.78, 5) is 31.0. The Hall–Kier alpha value is -2.97. The molecule has 1 aliphatic rings. The maximum Gasteiger partial charge on any atom is 0.335 e. The van der Waals surface area contributed by atoms with Gasteiger partial charge in [0.1, 0.15) is 6.61 Å². The van der Waals surface area contributed by atoms with E-state index in [9.17, 15) is 9.59 Å². The van der Waals surface area contributed by atoms with Gasteiger partial charge >= 0.3 is 5.97 Å². The molecule has 1 amide bonds. The molecule has 0 aromatic heterocycles. The summed E-state index contributed by atoms with van der Waals surface area (Å²) in [6.45, 7) is 10.3. The third-order valence-electron chi connectivity index (χ3n) is 4.94. The summed E-state index contributed by atoms with van der Waals surface area (Å²) in [5.41, 5.74) is 1.71. The Balaban J connectivity index is 1.87. The normalized spacial score (nSPS) is 16.1. The lowest BCUT2D eigenvalue weighted by Gasteiger charge is -2.20. The molecular formula is C26H29ClN2O5S. The van der Waals surface area contributed by atoms with Crippen molar-refractivity contribution in [1.82, 2.24) is 4.90 Å². The number of amides is 1. The Labute approximate surface area is 214 Å². The molecule has 1 N–H and O–H groups in total. The summed E-state index contributed by atoms with van der Waals surface area (Å²) >= 11 is 7.91. The fraction of sp³-hybridized carbons (Fsp3) is 0.346. The second-order valence-corrected chi connectivity index (χ2v) is 9.86. The number of carbonyl (C=O) groups excluding carboxylic acids is 1. The van der Waals surface area contributed by atoms with Crippen LogP contribution in [0.3, 0.4) is 0 Å². The molecule has 0 atom stereocenters. The number of carbonyl (C=O) groups is 2. The van der Waals surface area contributed by atoms with Gasteiger partial charge in [0.25, 0.3) is 5.91 Å². The molecule has 7 nitrogen and oxygen atoms in total. The molecule has 9 heteroatoms. The van der Waals surface area contributed by atoms with Crippen molar-refractivity contribution in [1.29, 1.82) is 0 Å². The Bertz CT molecular complexity index is 1160. The molecule has 2 aromatic rings.